The van der Waals surface area contributed by atoms with Gasteiger partial charge < -0.3 is 15.0 Å². The summed E-state index contributed by atoms with van der Waals surface area (Å²) in [5.74, 6) is 1.22. The van der Waals surface area contributed by atoms with Crippen molar-refractivity contribution in [3.8, 4) is 16.9 Å². The molecule has 4 aromatic rings. The van der Waals surface area contributed by atoms with E-state index in [1.165, 1.54) is 11.3 Å². The van der Waals surface area contributed by atoms with Gasteiger partial charge in [0.15, 0.2) is 5.82 Å². The van der Waals surface area contributed by atoms with Gasteiger partial charge in [-0.15, -0.1) is 11.3 Å². The molecule has 0 atom stereocenters. The molecule has 8 nitrogen and oxygen atoms in total. The zero-order chi connectivity index (χ0) is 26.6. The molecular formula is C29H31N5O3S. The first-order valence-corrected chi connectivity index (χ1v) is 13.7. The number of nitrogens with one attached hydrogen (secondary N) is 2. The lowest BCUT2D eigenvalue weighted by molar-refractivity contribution is 0.0713. The normalized spacial score (nSPS) is 14.1. The summed E-state index contributed by atoms with van der Waals surface area (Å²) in [7, 11) is 0. The molecule has 0 spiro atoms. The molecular weight excluding hydrogens is 498 g/mol. The monoisotopic (exact) mass is 529 g/mol. The molecule has 0 bridgehead atoms. The van der Waals surface area contributed by atoms with Gasteiger partial charge in [0, 0.05) is 41.2 Å². The fourth-order valence-corrected chi connectivity index (χ4v) is 5.66. The summed E-state index contributed by atoms with van der Waals surface area (Å²) in [6, 6.07) is 17.2. The standard InChI is InChI=1S/C29H31N5O3S/c1-18(2)37-23-11-9-22(10-12-23)29(36)34-15-13-21(14-16-34)28-30-24(17-38-28)27(35)31-26-25(19(3)32-33-26)20-7-5-4-6-8-20/h4-12,17-18,21H,13-16H2,1-3H3,(H2,31,32,33,35). The number of aromatic amines is 1. The molecule has 0 unspecified atom stereocenters. The molecule has 3 heterocycles. The number of ether oxygens (including phenoxy) is 1. The average Bonchev–Trinajstić information content (AvgIpc) is 3.56. The van der Waals surface area contributed by atoms with Gasteiger partial charge in [0.25, 0.3) is 11.8 Å². The molecule has 196 valence electrons. The van der Waals surface area contributed by atoms with Crippen LogP contribution in [-0.4, -0.2) is 51.1 Å². The number of thiazole rings is 1. The van der Waals surface area contributed by atoms with E-state index in [0.717, 1.165) is 40.4 Å². The van der Waals surface area contributed by atoms with Crippen LogP contribution in [0, 0.1) is 6.92 Å². The van der Waals surface area contributed by atoms with Crippen LogP contribution in [0.25, 0.3) is 11.1 Å². The number of anilines is 1. The first kappa shape index (κ1) is 25.7. The van der Waals surface area contributed by atoms with Crippen LogP contribution in [0.15, 0.2) is 60.0 Å². The van der Waals surface area contributed by atoms with Gasteiger partial charge in [-0.2, -0.15) is 5.10 Å². The molecule has 9 heteroatoms. The molecule has 5 rings (SSSR count). The van der Waals surface area contributed by atoms with E-state index in [9.17, 15) is 9.59 Å². The highest BCUT2D eigenvalue weighted by molar-refractivity contribution is 7.10. The van der Waals surface area contributed by atoms with Crippen molar-refractivity contribution in [3.05, 3.63) is 81.9 Å². The zero-order valence-corrected chi connectivity index (χ0v) is 22.5. The molecule has 0 radical (unpaired) electrons. The number of likely N-dealkylation sites (tertiary alicyclic amines) is 1. The maximum absolute atomic E-state index is 13.0. The number of H-pyrrole nitrogens is 1. The van der Waals surface area contributed by atoms with Crippen molar-refractivity contribution in [2.24, 2.45) is 0 Å². The Morgan fingerprint density at radius 1 is 1.08 bits per heavy atom. The molecule has 2 aromatic heterocycles. The van der Waals surface area contributed by atoms with Gasteiger partial charge in [-0.3, -0.25) is 14.7 Å². The van der Waals surface area contributed by atoms with Crippen molar-refractivity contribution in [3.63, 3.8) is 0 Å². The van der Waals surface area contributed by atoms with Crippen LogP contribution in [-0.2, 0) is 0 Å². The number of aryl methyl sites for hydroxylation is 1. The van der Waals surface area contributed by atoms with Crippen LogP contribution in [0.5, 0.6) is 5.75 Å². The van der Waals surface area contributed by atoms with Crippen LogP contribution >= 0.6 is 11.3 Å². The van der Waals surface area contributed by atoms with Gasteiger partial charge in [-0.1, -0.05) is 30.3 Å². The van der Waals surface area contributed by atoms with E-state index in [1.54, 1.807) is 5.38 Å². The minimum absolute atomic E-state index is 0.0299. The second-order valence-corrected chi connectivity index (χ2v) is 10.6. The van der Waals surface area contributed by atoms with E-state index in [4.69, 9.17) is 4.74 Å². The Labute approximate surface area is 226 Å². The van der Waals surface area contributed by atoms with Gasteiger partial charge in [0.1, 0.15) is 11.4 Å². The quantitative estimate of drug-likeness (QED) is 0.310. The average molecular weight is 530 g/mol. The van der Waals surface area contributed by atoms with Crippen molar-refractivity contribution >= 4 is 29.0 Å². The number of nitrogens with zero attached hydrogens (tertiary/aromatic N) is 3. The molecule has 1 saturated heterocycles. The summed E-state index contributed by atoms with van der Waals surface area (Å²) in [4.78, 5) is 32.5. The Balaban J connectivity index is 1.19. The van der Waals surface area contributed by atoms with Crippen LogP contribution in [0.1, 0.15) is 64.2 Å². The molecule has 1 aliphatic rings. The first-order valence-electron chi connectivity index (χ1n) is 12.8. The Morgan fingerprint density at radius 2 is 1.79 bits per heavy atom. The molecule has 2 amide bonds. The van der Waals surface area contributed by atoms with E-state index < -0.39 is 0 Å². The van der Waals surface area contributed by atoms with Gasteiger partial charge in [-0.05, 0) is 63.4 Å². The number of amides is 2. The summed E-state index contributed by atoms with van der Waals surface area (Å²) in [6.45, 7) is 7.19. The third-order valence-corrected chi connectivity index (χ3v) is 7.61. The lowest BCUT2D eigenvalue weighted by Gasteiger charge is -2.31. The molecule has 1 fully saturated rings. The Bertz CT molecular complexity index is 1400. The lowest BCUT2D eigenvalue weighted by atomic mass is 9.97. The first-order chi connectivity index (χ1) is 18.4. The number of rotatable bonds is 7. The highest BCUT2D eigenvalue weighted by Gasteiger charge is 2.27. The Morgan fingerprint density at radius 3 is 2.47 bits per heavy atom. The van der Waals surface area contributed by atoms with Crippen molar-refractivity contribution in [2.45, 2.75) is 45.6 Å². The highest BCUT2D eigenvalue weighted by atomic mass is 32.1. The van der Waals surface area contributed by atoms with E-state index in [2.05, 4.69) is 20.5 Å². The SMILES string of the molecule is Cc1[nH]nc(NC(=O)c2csc(C3CCN(C(=O)c4ccc(OC(C)C)cc4)CC3)n2)c1-c1ccccc1. The minimum Gasteiger partial charge on any atom is -0.491 e. The van der Waals surface area contributed by atoms with Crippen molar-refractivity contribution in [2.75, 3.05) is 18.4 Å². The molecule has 0 aliphatic carbocycles. The summed E-state index contributed by atoms with van der Waals surface area (Å²) in [6.07, 6.45) is 1.71. The fraction of sp³-hybridized carbons (Fsp3) is 0.310. The van der Waals surface area contributed by atoms with Gasteiger partial charge in [0.05, 0.1) is 11.1 Å². The summed E-state index contributed by atoms with van der Waals surface area (Å²) >= 11 is 1.50. The summed E-state index contributed by atoms with van der Waals surface area (Å²) in [5, 5.41) is 12.9. The molecule has 1 aliphatic heterocycles. The summed E-state index contributed by atoms with van der Waals surface area (Å²) in [5.41, 5.74) is 3.78. The Kier molecular flexibility index (Phi) is 7.55. The van der Waals surface area contributed by atoms with E-state index in [-0.39, 0.29) is 23.8 Å². The van der Waals surface area contributed by atoms with Crippen LogP contribution in [0.4, 0.5) is 5.82 Å². The maximum Gasteiger partial charge on any atom is 0.276 e. The second-order valence-electron chi connectivity index (χ2n) is 9.72. The van der Waals surface area contributed by atoms with Crippen LogP contribution in [0.3, 0.4) is 0 Å². The van der Waals surface area contributed by atoms with Gasteiger partial charge in [0.2, 0.25) is 0 Å². The third-order valence-electron chi connectivity index (χ3n) is 6.60. The minimum atomic E-state index is -0.284. The smallest absolute Gasteiger partial charge is 0.276 e. The van der Waals surface area contributed by atoms with E-state index in [1.807, 2.05) is 80.3 Å². The highest BCUT2D eigenvalue weighted by Crippen LogP contribution is 2.32. The third kappa shape index (κ3) is 5.62. The molecule has 2 N–H and O–H groups in total. The summed E-state index contributed by atoms with van der Waals surface area (Å²) < 4.78 is 5.67. The van der Waals surface area contributed by atoms with Gasteiger partial charge in [-0.25, -0.2) is 4.98 Å². The number of carbonyl (C=O) groups excluding carboxylic acids is 2. The second kappa shape index (κ2) is 11.2. The number of piperidine rings is 1. The Hall–Kier alpha value is -3.98. The number of hydrogen-bond donors (Lipinski definition) is 2. The van der Waals surface area contributed by atoms with Crippen LogP contribution < -0.4 is 10.1 Å². The van der Waals surface area contributed by atoms with Crippen molar-refractivity contribution in [1.82, 2.24) is 20.1 Å². The van der Waals surface area contributed by atoms with Crippen molar-refractivity contribution < 1.29 is 14.3 Å². The van der Waals surface area contributed by atoms with Crippen molar-refractivity contribution in [1.29, 1.82) is 0 Å². The number of benzene rings is 2. The largest absolute Gasteiger partial charge is 0.491 e. The number of hydrogen-bond acceptors (Lipinski definition) is 6. The fourth-order valence-electron chi connectivity index (χ4n) is 4.69. The number of carbonyl (C=O) groups is 2. The molecule has 38 heavy (non-hydrogen) atoms. The predicted molar refractivity (Wildman–Crippen MR) is 149 cm³/mol. The predicted octanol–water partition coefficient (Wildman–Crippen LogP) is 5.90. The topological polar surface area (TPSA) is 100 Å². The number of aromatic nitrogens is 3. The van der Waals surface area contributed by atoms with Gasteiger partial charge >= 0.3 is 0 Å². The van der Waals surface area contributed by atoms with Crippen LogP contribution in [0.2, 0.25) is 0 Å². The zero-order valence-electron chi connectivity index (χ0n) is 21.7. The lowest BCUT2D eigenvalue weighted by Crippen LogP contribution is -2.37. The maximum atomic E-state index is 13.0. The van der Waals surface area contributed by atoms with E-state index in [0.29, 0.717) is 30.2 Å². The van der Waals surface area contributed by atoms with E-state index >= 15 is 0 Å². The molecule has 2 aromatic carbocycles. The molecule has 0 saturated carbocycles.